The lowest BCUT2D eigenvalue weighted by Crippen LogP contribution is -2.09. The summed E-state index contributed by atoms with van der Waals surface area (Å²) in [5.74, 6) is 0.456. The summed E-state index contributed by atoms with van der Waals surface area (Å²) >= 11 is 0. The quantitative estimate of drug-likeness (QED) is 0.400. The molecule has 4 heterocycles. The van der Waals surface area contributed by atoms with Crippen molar-refractivity contribution in [3.05, 3.63) is 77.9 Å². The van der Waals surface area contributed by atoms with E-state index < -0.39 is 0 Å². The van der Waals surface area contributed by atoms with E-state index in [0.717, 1.165) is 22.8 Å². The topological polar surface area (TPSA) is 82.9 Å². The van der Waals surface area contributed by atoms with Crippen LogP contribution >= 0.6 is 0 Å². The highest BCUT2D eigenvalue weighted by atomic mass is 19.1. The minimum atomic E-state index is -0.297. The number of rotatable bonds is 5. The Labute approximate surface area is 183 Å². The molecule has 1 aromatic carbocycles. The molecule has 0 aliphatic heterocycles. The Morgan fingerprint density at radius 1 is 1.03 bits per heavy atom. The van der Waals surface area contributed by atoms with Crippen LogP contribution in [0.25, 0.3) is 28.3 Å². The Bertz CT molecular complexity index is 1460. The maximum Gasteiger partial charge on any atom is 0.186 e. The third-order valence-corrected chi connectivity index (χ3v) is 5.50. The van der Waals surface area contributed by atoms with Gasteiger partial charge < -0.3 is 4.57 Å². The van der Waals surface area contributed by atoms with Crippen molar-refractivity contribution in [1.82, 2.24) is 33.9 Å². The molecule has 0 fully saturated rings. The zero-order valence-electron chi connectivity index (χ0n) is 17.8. The fourth-order valence-corrected chi connectivity index (χ4v) is 3.76. The molecular formula is C23H20FN7O. The number of aromatic nitrogens is 7. The fraction of sp³-hybridized carbons (Fsp3) is 0.174. The summed E-state index contributed by atoms with van der Waals surface area (Å²) in [7, 11) is 3.65. The monoisotopic (exact) mass is 429 g/mol. The predicted molar refractivity (Wildman–Crippen MR) is 117 cm³/mol. The van der Waals surface area contributed by atoms with Crippen LogP contribution in [0, 0.1) is 12.7 Å². The number of ketones is 1. The van der Waals surface area contributed by atoms with Crippen LogP contribution in [0.15, 0.2) is 54.9 Å². The molecule has 0 saturated carbocycles. The number of aryl methyl sites for hydroxylation is 2. The molecule has 0 aliphatic rings. The summed E-state index contributed by atoms with van der Waals surface area (Å²) in [6.45, 7) is 1.91. The highest BCUT2D eigenvalue weighted by molar-refractivity contribution is 5.95. The van der Waals surface area contributed by atoms with E-state index in [9.17, 15) is 9.18 Å². The van der Waals surface area contributed by atoms with E-state index in [1.165, 1.54) is 12.1 Å². The van der Waals surface area contributed by atoms with Crippen LogP contribution in [-0.2, 0) is 20.5 Å². The number of halogens is 1. The van der Waals surface area contributed by atoms with Gasteiger partial charge in [0.2, 0.25) is 0 Å². The van der Waals surface area contributed by atoms with Gasteiger partial charge in [0.15, 0.2) is 11.4 Å². The molecule has 0 N–H and O–H groups in total. The number of benzene rings is 1. The molecule has 5 aromatic rings. The molecule has 0 aliphatic carbocycles. The molecule has 0 saturated heterocycles. The lowest BCUT2D eigenvalue weighted by Gasteiger charge is -2.07. The van der Waals surface area contributed by atoms with E-state index in [0.29, 0.717) is 22.7 Å². The number of carbonyl (C=O) groups excluding carboxylic acids is 1. The van der Waals surface area contributed by atoms with Gasteiger partial charge in [0.25, 0.3) is 0 Å². The molecule has 32 heavy (non-hydrogen) atoms. The number of imidazole rings is 2. The lowest BCUT2D eigenvalue weighted by molar-refractivity contribution is 0.0983. The zero-order valence-corrected chi connectivity index (χ0v) is 17.8. The maximum absolute atomic E-state index is 13.4. The minimum absolute atomic E-state index is 0.0607. The fourth-order valence-electron chi connectivity index (χ4n) is 3.76. The van der Waals surface area contributed by atoms with E-state index in [4.69, 9.17) is 5.10 Å². The largest absolute Gasteiger partial charge is 0.330 e. The van der Waals surface area contributed by atoms with Crippen LogP contribution in [0.1, 0.15) is 22.0 Å². The Morgan fingerprint density at radius 2 is 1.81 bits per heavy atom. The predicted octanol–water partition coefficient (Wildman–Crippen LogP) is 3.40. The van der Waals surface area contributed by atoms with E-state index in [1.807, 2.05) is 30.7 Å². The van der Waals surface area contributed by atoms with Gasteiger partial charge in [-0.15, -0.1) is 0 Å². The maximum atomic E-state index is 13.4. The summed E-state index contributed by atoms with van der Waals surface area (Å²) in [6, 6.07) is 11.7. The number of hydrogen-bond donors (Lipinski definition) is 0. The van der Waals surface area contributed by atoms with Crippen molar-refractivity contribution in [2.45, 2.75) is 13.3 Å². The van der Waals surface area contributed by atoms with Crippen LogP contribution in [0.3, 0.4) is 0 Å². The van der Waals surface area contributed by atoms with Crippen molar-refractivity contribution in [2.75, 3.05) is 0 Å². The van der Waals surface area contributed by atoms with Crippen molar-refractivity contribution in [3.63, 3.8) is 0 Å². The molecule has 0 radical (unpaired) electrons. The van der Waals surface area contributed by atoms with Gasteiger partial charge >= 0.3 is 0 Å². The van der Waals surface area contributed by atoms with Crippen LogP contribution in [-0.4, -0.2) is 39.7 Å². The Morgan fingerprint density at radius 3 is 2.53 bits per heavy atom. The molecule has 0 bridgehead atoms. The average Bonchev–Trinajstić information content (AvgIpc) is 3.45. The third kappa shape index (κ3) is 3.37. The zero-order chi connectivity index (χ0) is 22.4. The number of fused-ring (bicyclic) bond motifs is 1. The van der Waals surface area contributed by atoms with E-state index in [2.05, 4.69) is 15.1 Å². The molecular weight excluding hydrogens is 409 g/mol. The molecule has 9 heteroatoms. The standard InChI is InChI=1S/C23H20FN7O/c1-14-26-22(15-4-6-16(24)7-5-15)23(29(14)2)18-8-9-21-27-17(13-31(21)28-18)12-20(32)19-10-11-25-30(19)3/h4-11,13H,12H2,1-3H3. The molecule has 0 amide bonds. The smallest absolute Gasteiger partial charge is 0.186 e. The van der Waals surface area contributed by atoms with Gasteiger partial charge in [-0.25, -0.2) is 18.9 Å². The van der Waals surface area contributed by atoms with E-state index in [1.54, 1.807) is 46.8 Å². The first-order valence-electron chi connectivity index (χ1n) is 10.1. The van der Waals surface area contributed by atoms with Gasteiger partial charge in [0, 0.05) is 25.9 Å². The minimum Gasteiger partial charge on any atom is -0.330 e. The van der Waals surface area contributed by atoms with Crippen LogP contribution in [0.4, 0.5) is 4.39 Å². The summed E-state index contributed by atoms with van der Waals surface area (Å²) in [5, 5.41) is 8.77. The Kier molecular flexibility index (Phi) is 4.66. The Hall–Kier alpha value is -4.14. The van der Waals surface area contributed by atoms with Gasteiger partial charge in [0.05, 0.1) is 29.7 Å². The Balaban J connectivity index is 1.53. The summed E-state index contributed by atoms with van der Waals surface area (Å²) in [4.78, 5) is 21.8. The molecule has 5 rings (SSSR count). The van der Waals surface area contributed by atoms with Crippen LogP contribution in [0.2, 0.25) is 0 Å². The molecule has 8 nitrogen and oxygen atoms in total. The van der Waals surface area contributed by atoms with Crippen LogP contribution < -0.4 is 0 Å². The lowest BCUT2D eigenvalue weighted by atomic mass is 10.1. The van der Waals surface area contributed by atoms with Gasteiger partial charge in [0.1, 0.15) is 23.0 Å². The number of hydrogen-bond acceptors (Lipinski definition) is 5. The number of nitrogens with zero attached hydrogens (tertiary/aromatic N) is 7. The normalized spacial score (nSPS) is 11.4. The number of carbonyl (C=O) groups is 1. The van der Waals surface area contributed by atoms with Gasteiger partial charge in [-0.3, -0.25) is 9.48 Å². The first kappa shape index (κ1) is 19.8. The average molecular weight is 429 g/mol. The summed E-state index contributed by atoms with van der Waals surface area (Å²) in [5.41, 5.74) is 4.84. The highest BCUT2D eigenvalue weighted by Crippen LogP contribution is 2.31. The SMILES string of the molecule is Cc1nc(-c2ccc(F)cc2)c(-c2ccc3nc(CC(=O)c4ccnn4C)cn3n2)n1C. The van der Waals surface area contributed by atoms with Crippen molar-refractivity contribution >= 4 is 11.4 Å². The van der Waals surface area contributed by atoms with Gasteiger partial charge in [-0.05, 0) is 49.4 Å². The van der Waals surface area contributed by atoms with Gasteiger partial charge in [-0.1, -0.05) is 0 Å². The first-order chi connectivity index (χ1) is 15.4. The summed E-state index contributed by atoms with van der Waals surface area (Å²) < 4.78 is 18.6. The van der Waals surface area contributed by atoms with Crippen molar-refractivity contribution in [3.8, 4) is 22.6 Å². The second kappa shape index (κ2) is 7.52. The second-order valence-electron chi connectivity index (χ2n) is 7.62. The van der Waals surface area contributed by atoms with Crippen molar-refractivity contribution in [1.29, 1.82) is 0 Å². The van der Waals surface area contributed by atoms with Gasteiger partial charge in [-0.2, -0.15) is 10.2 Å². The third-order valence-electron chi connectivity index (χ3n) is 5.50. The summed E-state index contributed by atoms with van der Waals surface area (Å²) in [6.07, 6.45) is 3.51. The van der Waals surface area contributed by atoms with Crippen LogP contribution in [0.5, 0.6) is 0 Å². The molecule has 0 spiro atoms. The van der Waals surface area contributed by atoms with E-state index in [-0.39, 0.29) is 18.0 Å². The second-order valence-corrected chi connectivity index (χ2v) is 7.62. The molecule has 4 aromatic heterocycles. The molecule has 160 valence electrons. The molecule has 0 atom stereocenters. The molecule has 0 unspecified atom stereocenters. The highest BCUT2D eigenvalue weighted by Gasteiger charge is 2.19. The van der Waals surface area contributed by atoms with Crippen molar-refractivity contribution in [2.24, 2.45) is 14.1 Å². The first-order valence-corrected chi connectivity index (χ1v) is 10.1. The van der Waals surface area contributed by atoms with Crippen molar-refractivity contribution < 1.29 is 9.18 Å². The number of Topliss-reactive ketones (excluding diaryl/α,β-unsaturated/α-hetero) is 1. The van der Waals surface area contributed by atoms with E-state index >= 15 is 0 Å².